The molecule has 0 spiro atoms. The van der Waals surface area contributed by atoms with Gasteiger partial charge in [-0.15, -0.1) is 11.3 Å². The molecule has 2 aromatic heterocycles. The lowest BCUT2D eigenvalue weighted by atomic mass is 10.1. The summed E-state index contributed by atoms with van der Waals surface area (Å²) < 4.78 is 55.8. The number of alkyl halides is 3. The first-order valence-corrected chi connectivity index (χ1v) is 11.5. The van der Waals surface area contributed by atoms with Crippen LogP contribution in [-0.2, 0) is 17.6 Å². The molecule has 3 rings (SSSR count). The van der Waals surface area contributed by atoms with E-state index < -0.39 is 53.4 Å². The van der Waals surface area contributed by atoms with E-state index in [0.29, 0.717) is 0 Å². The van der Waals surface area contributed by atoms with Crippen LogP contribution in [0.1, 0.15) is 39.3 Å². The molecule has 1 aromatic carbocycles. The highest BCUT2D eigenvalue weighted by Gasteiger charge is 2.27. The van der Waals surface area contributed by atoms with Gasteiger partial charge in [0.15, 0.2) is 5.76 Å². The minimum absolute atomic E-state index is 0.0216. The lowest BCUT2D eigenvalue weighted by Gasteiger charge is -2.20. The van der Waals surface area contributed by atoms with Crippen LogP contribution in [0, 0.1) is 5.82 Å². The third-order valence-corrected chi connectivity index (χ3v) is 5.81. The van der Waals surface area contributed by atoms with Gasteiger partial charge < -0.3 is 20.2 Å². The van der Waals surface area contributed by atoms with E-state index in [4.69, 9.17) is 16.0 Å². The van der Waals surface area contributed by atoms with Gasteiger partial charge in [0.1, 0.15) is 11.6 Å². The van der Waals surface area contributed by atoms with E-state index in [-0.39, 0.29) is 40.7 Å². The second kappa shape index (κ2) is 11.5. The first-order chi connectivity index (χ1) is 16.9. The number of nitrogens with one attached hydrogen (secondary N) is 2. The van der Waals surface area contributed by atoms with Crippen LogP contribution in [0.4, 0.5) is 17.6 Å². The SMILES string of the molecule is O=C(Cc1csc(CCC(F)(F)F)n1)NCC(NC(=O)c1cc(O)cc(=O)o1)c1cc(F)cc(Cl)c1. The number of aryl methyl sites for hydroxylation is 1. The molecule has 1 atom stereocenters. The first-order valence-electron chi connectivity index (χ1n) is 10.3. The van der Waals surface area contributed by atoms with Crippen molar-refractivity contribution in [3.05, 3.63) is 79.0 Å². The van der Waals surface area contributed by atoms with Crippen molar-refractivity contribution in [3.63, 3.8) is 0 Å². The zero-order valence-corrected chi connectivity index (χ0v) is 19.8. The van der Waals surface area contributed by atoms with Crippen LogP contribution in [0.5, 0.6) is 5.75 Å². The van der Waals surface area contributed by atoms with Gasteiger partial charge in [0, 0.05) is 35.9 Å². The molecule has 0 aliphatic carbocycles. The van der Waals surface area contributed by atoms with Gasteiger partial charge in [0.05, 0.1) is 29.2 Å². The van der Waals surface area contributed by atoms with Gasteiger partial charge in [-0.25, -0.2) is 14.2 Å². The van der Waals surface area contributed by atoms with Crippen molar-refractivity contribution in [2.75, 3.05) is 6.54 Å². The van der Waals surface area contributed by atoms with Crippen LogP contribution in [0.2, 0.25) is 5.02 Å². The van der Waals surface area contributed by atoms with Crippen LogP contribution in [0.3, 0.4) is 0 Å². The summed E-state index contributed by atoms with van der Waals surface area (Å²) in [5, 5.41) is 16.3. The highest BCUT2D eigenvalue weighted by atomic mass is 35.5. The topological polar surface area (TPSA) is 122 Å². The fraction of sp³-hybridized carbons (Fsp3) is 0.273. The molecule has 0 radical (unpaired) electrons. The Labute approximate surface area is 209 Å². The van der Waals surface area contributed by atoms with E-state index in [2.05, 4.69) is 15.6 Å². The second-order valence-electron chi connectivity index (χ2n) is 7.56. The number of thiazole rings is 1. The quantitative estimate of drug-likeness (QED) is 0.349. The third-order valence-electron chi connectivity index (χ3n) is 4.64. The number of hydrogen-bond donors (Lipinski definition) is 3. The summed E-state index contributed by atoms with van der Waals surface area (Å²) in [5.74, 6) is -3.23. The van der Waals surface area contributed by atoms with Crippen LogP contribution >= 0.6 is 22.9 Å². The molecule has 0 fully saturated rings. The van der Waals surface area contributed by atoms with E-state index in [1.165, 1.54) is 11.4 Å². The molecule has 0 aliphatic rings. The fourth-order valence-electron chi connectivity index (χ4n) is 3.07. The molecule has 3 N–H and O–H groups in total. The van der Waals surface area contributed by atoms with E-state index >= 15 is 0 Å². The van der Waals surface area contributed by atoms with Gasteiger partial charge in [-0.2, -0.15) is 13.2 Å². The molecule has 0 bridgehead atoms. The van der Waals surface area contributed by atoms with Crippen molar-refractivity contribution in [1.82, 2.24) is 15.6 Å². The third kappa shape index (κ3) is 8.34. The number of aromatic hydroxyl groups is 1. The summed E-state index contributed by atoms with van der Waals surface area (Å²) in [4.78, 5) is 40.5. The van der Waals surface area contributed by atoms with Crippen molar-refractivity contribution in [1.29, 1.82) is 0 Å². The van der Waals surface area contributed by atoms with Crippen LogP contribution in [0.15, 0.2) is 44.9 Å². The van der Waals surface area contributed by atoms with E-state index in [0.717, 1.165) is 35.6 Å². The van der Waals surface area contributed by atoms with Crippen molar-refractivity contribution in [2.24, 2.45) is 0 Å². The molecule has 0 saturated heterocycles. The summed E-state index contributed by atoms with van der Waals surface area (Å²) in [5.41, 5.74) is -0.526. The molecule has 0 aliphatic heterocycles. The van der Waals surface area contributed by atoms with Gasteiger partial charge in [-0.3, -0.25) is 9.59 Å². The maximum absolute atomic E-state index is 13.9. The summed E-state index contributed by atoms with van der Waals surface area (Å²) in [6.07, 6.45) is -5.88. The molecule has 8 nitrogen and oxygen atoms in total. The zero-order valence-electron chi connectivity index (χ0n) is 18.2. The number of amides is 2. The highest BCUT2D eigenvalue weighted by molar-refractivity contribution is 7.09. The maximum Gasteiger partial charge on any atom is 0.389 e. The summed E-state index contributed by atoms with van der Waals surface area (Å²) in [7, 11) is 0. The van der Waals surface area contributed by atoms with Crippen molar-refractivity contribution in [3.8, 4) is 5.75 Å². The Kier molecular flexibility index (Phi) is 8.69. The number of halogens is 5. The van der Waals surface area contributed by atoms with Gasteiger partial charge in [-0.05, 0) is 23.8 Å². The van der Waals surface area contributed by atoms with Crippen molar-refractivity contribution < 1.29 is 36.7 Å². The number of aromatic nitrogens is 1. The number of benzene rings is 1. The van der Waals surface area contributed by atoms with E-state index in [1.807, 2.05) is 0 Å². The average Bonchev–Trinajstić information content (AvgIpc) is 3.20. The molecule has 2 heterocycles. The zero-order chi connectivity index (χ0) is 26.5. The number of hydrogen-bond acceptors (Lipinski definition) is 7. The molecule has 2 amide bonds. The minimum Gasteiger partial charge on any atom is -0.508 e. The molecule has 1 unspecified atom stereocenters. The van der Waals surface area contributed by atoms with E-state index in [9.17, 15) is 37.1 Å². The Morgan fingerprint density at radius 3 is 2.61 bits per heavy atom. The van der Waals surface area contributed by atoms with Gasteiger partial charge in [0.2, 0.25) is 5.91 Å². The number of rotatable bonds is 9. The lowest BCUT2D eigenvalue weighted by Crippen LogP contribution is -2.38. The molecule has 14 heteroatoms. The average molecular weight is 548 g/mol. The molecule has 192 valence electrons. The minimum atomic E-state index is -4.32. The second-order valence-corrected chi connectivity index (χ2v) is 8.94. The normalized spacial score (nSPS) is 12.2. The Hall–Kier alpha value is -3.45. The predicted molar refractivity (Wildman–Crippen MR) is 121 cm³/mol. The van der Waals surface area contributed by atoms with Gasteiger partial charge in [-0.1, -0.05) is 11.6 Å². The van der Waals surface area contributed by atoms with Gasteiger partial charge in [0.25, 0.3) is 5.91 Å². The first kappa shape index (κ1) is 27.1. The highest BCUT2D eigenvalue weighted by Crippen LogP contribution is 2.24. The monoisotopic (exact) mass is 547 g/mol. The van der Waals surface area contributed by atoms with Crippen molar-refractivity contribution in [2.45, 2.75) is 31.5 Å². The van der Waals surface area contributed by atoms with E-state index in [1.54, 1.807) is 0 Å². The predicted octanol–water partition coefficient (Wildman–Crippen LogP) is 3.92. The lowest BCUT2D eigenvalue weighted by molar-refractivity contribution is -0.134. The fourth-order valence-corrected chi connectivity index (χ4v) is 4.10. The molecular formula is C22H18ClF4N3O5S. The van der Waals surface area contributed by atoms with Crippen LogP contribution < -0.4 is 16.3 Å². The molecular weight excluding hydrogens is 530 g/mol. The molecule has 3 aromatic rings. The molecule has 0 saturated carbocycles. The maximum atomic E-state index is 13.9. The Balaban J connectivity index is 1.69. The number of nitrogens with zero attached hydrogens (tertiary/aromatic N) is 1. The summed E-state index contributed by atoms with van der Waals surface area (Å²) in [6.45, 7) is -0.252. The Bertz CT molecular complexity index is 1290. The smallest absolute Gasteiger partial charge is 0.389 e. The van der Waals surface area contributed by atoms with Crippen LogP contribution in [-0.4, -0.2) is 34.6 Å². The summed E-state index contributed by atoms with van der Waals surface area (Å²) in [6, 6.07) is 4.09. The summed E-state index contributed by atoms with van der Waals surface area (Å²) >= 11 is 6.91. The van der Waals surface area contributed by atoms with Gasteiger partial charge >= 0.3 is 11.8 Å². The largest absolute Gasteiger partial charge is 0.508 e. The van der Waals surface area contributed by atoms with Crippen LogP contribution in [0.25, 0.3) is 0 Å². The van der Waals surface area contributed by atoms with Crippen molar-refractivity contribution >= 4 is 34.8 Å². The Morgan fingerprint density at radius 2 is 1.94 bits per heavy atom. The molecule has 36 heavy (non-hydrogen) atoms. The number of carbonyl (C=O) groups is 2. The Morgan fingerprint density at radius 1 is 1.19 bits per heavy atom. The standard InChI is InChI=1S/C22H18ClF4N3O5S/c23-12-3-11(4-13(24)5-12)16(30-21(34)17-7-15(31)8-20(33)35-17)9-28-18(32)6-14-10-36-19(29-14)1-2-22(25,26)27/h3-5,7-8,10,16,31H,1-2,6,9H2,(H,28,32)(H,30,34). The number of carbonyl (C=O) groups excluding carboxylic acids is 2.